The molecule has 1 aliphatic rings. The molecule has 1 aliphatic heterocycles. The molecule has 0 aliphatic carbocycles. The second kappa shape index (κ2) is 17.7. The van der Waals surface area contributed by atoms with Crippen LogP contribution in [0.2, 0.25) is 0 Å². The van der Waals surface area contributed by atoms with Gasteiger partial charge in [-0.25, -0.2) is 0 Å². The third-order valence-corrected chi connectivity index (χ3v) is 8.65. The number of anilines is 2. The zero-order chi connectivity index (χ0) is 35.5. The van der Waals surface area contributed by atoms with Gasteiger partial charge in [-0.3, -0.25) is 9.59 Å². The molecule has 11 heteroatoms. The lowest BCUT2D eigenvalue weighted by atomic mass is 9.99. The lowest BCUT2D eigenvalue weighted by Crippen LogP contribution is -2.39. The summed E-state index contributed by atoms with van der Waals surface area (Å²) in [5, 5.41) is 35.8. The van der Waals surface area contributed by atoms with Crippen molar-refractivity contribution in [1.82, 2.24) is 10.2 Å². The number of amides is 2. The summed E-state index contributed by atoms with van der Waals surface area (Å²) in [7, 11) is 1.92. The van der Waals surface area contributed by atoms with Gasteiger partial charge in [-0.2, -0.15) is 0 Å². The van der Waals surface area contributed by atoms with E-state index >= 15 is 0 Å². The predicted molar refractivity (Wildman–Crippen MR) is 191 cm³/mol. The quantitative estimate of drug-likeness (QED) is 0.0936. The number of benzene rings is 4. The fourth-order valence-electron chi connectivity index (χ4n) is 5.90. The summed E-state index contributed by atoms with van der Waals surface area (Å²) in [5.41, 5.74) is 11.1. The Hall–Kier alpha value is -4.78. The number of nitrogen functional groups attached to an aromatic ring is 1. The minimum absolute atomic E-state index is 0.0406. The van der Waals surface area contributed by atoms with Crippen molar-refractivity contribution in [2.24, 2.45) is 0 Å². The van der Waals surface area contributed by atoms with Crippen molar-refractivity contribution in [3.05, 3.63) is 125 Å². The summed E-state index contributed by atoms with van der Waals surface area (Å²) in [4.78, 5) is 26.7. The van der Waals surface area contributed by atoms with Gasteiger partial charge in [0.25, 0.3) is 0 Å². The zero-order valence-electron chi connectivity index (χ0n) is 28.2. The molecule has 7 N–H and O–H groups in total. The van der Waals surface area contributed by atoms with Crippen LogP contribution in [0.4, 0.5) is 11.4 Å². The van der Waals surface area contributed by atoms with E-state index in [9.17, 15) is 24.9 Å². The summed E-state index contributed by atoms with van der Waals surface area (Å²) in [6, 6.07) is 29.1. The van der Waals surface area contributed by atoms with Gasteiger partial charge in [0.05, 0.1) is 36.3 Å². The molecule has 0 spiro atoms. The number of phenolic OH excluding ortho intramolecular Hbond substituents is 1. The van der Waals surface area contributed by atoms with Crippen LogP contribution in [-0.2, 0) is 32.2 Å². The van der Waals surface area contributed by atoms with Gasteiger partial charge in [-0.15, -0.1) is 0 Å². The number of para-hydroxylation sites is 2. The molecule has 1 fully saturated rings. The van der Waals surface area contributed by atoms with E-state index in [0.717, 1.165) is 22.3 Å². The molecule has 2 amide bonds. The number of phenols is 1. The van der Waals surface area contributed by atoms with Gasteiger partial charge < -0.3 is 46.1 Å². The number of ether oxygens (including phenoxy) is 2. The number of nitrogens with zero attached hydrogens (tertiary/aromatic N) is 1. The van der Waals surface area contributed by atoms with Crippen molar-refractivity contribution < 1.29 is 34.4 Å². The Bertz CT molecular complexity index is 1700. The normalized spacial score (nSPS) is 18.0. The van der Waals surface area contributed by atoms with Crippen molar-refractivity contribution in [2.75, 3.05) is 31.2 Å². The van der Waals surface area contributed by atoms with Gasteiger partial charge in [0.1, 0.15) is 5.75 Å². The first-order chi connectivity index (χ1) is 24.2. The molecule has 50 heavy (non-hydrogen) atoms. The lowest BCUT2D eigenvalue weighted by molar-refractivity contribution is -0.252. The Morgan fingerprint density at radius 2 is 1.60 bits per heavy atom. The molecule has 4 atom stereocenters. The van der Waals surface area contributed by atoms with Gasteiger partial charge in [0.2, 0.25) is 11.8 Å². The topological polar surface area (TPSA) is 167 Å². The van der Waals surface area contributed by atoms with E-state index in [1.165, 1.54) is 0 Å². The maximum Gasteiger partial charge on any atom is 0.224 e. The number of carbonyl (C=O) groups is 2. The van der Waals surface area contributed by atoms with E-state index in [1.807, 2.05) is 60.5 Å². The van der Waals surface area contributed by atoms with E-state index < -0.39 is 12.4 Å². The van der Waals surface area contributed by atoms with Crippen molar-refractivity contribution in [3.8, 4) is 5.75 Å². The van der Waals surface area contributed by atoms with Gasteiger partial charge >= 0.3 is 0 Å². The lowest BCUT2D eigenvalue weighted by Gasteiger charge is -2.38. The second-order valence-corrected chi connectivity index (χ2v) is 12.7. The molecule has 264 valence electrons. The van der Waals surface area contributed by atoms with Crippen LogP contribution in [0.5, 0.6) is 5.75 Å². The van der Waals surface area contributed by atoms with Crippen LogP contribution in [0.15, 0.2) is 97.1 Å². The average Bonchev–Trinajstić information content (AvgIpc) is 3.11. The van der Waals surface area contributed by atoms with Crippen LogP contribution in [0.25, 0.3) is 0 Å². The Morgan fingerprint density at radius 1 is 0.900 bits per heavy atom. The molecule has 0 saturated carbocycles. The van der Waals surface area contributed by atoms with Crippen LogP contribution in [0, 0.1) is 0 Å². The highest BCUT2D eigenvalue weighted by Gasteiger charge is 2.33. The number of carbonyl (C=O) groups excluding carboxylic acids is 2. The number of hydrogen-bond donors (Lipinski definition) is 6. The standard InChI is InChI=1S/C39H46N4O7/c1-43(24-35(46)30-6-4-7-31(45)20-30)23-32-21-36(28-16-14-27(25-44)15-17-28)50-39(49-32)29-18-12-26(13-19-29)22-41-37(47)10-5-11-38(48)42-34-9-3-2-8-33(34)40/h2-4,6-9,12-20,32,35-36,39,44-46H,5,10-11,21-25,40H2,1H3,(H,41,47)(H,42,48)/t32-,35-,36+,39+/m1/s1. The van der Waals surface area contributed by atoms with Crippen molar-refractivity contribution in [3.63, 3.8) is 0 Å². The summed E-state index contributed by atoms with van der Waals surface area (Å²) in [6.45, 7) is 1.18. The summed E-state index contributed by atoms with van der Waals surface area (Å²) < 4.78 is 12.9. The minimum atomic E-state index is -0.781. The molecule has 5 rings (SSSR count). The Labute approximate surface area is 292 Å². The maximum atomic E-state index is 12.5. The number of aliphatic hydroxyl groups is 2. The van der Waals surface area contributed by atoms with Gasteiger partial charge in [0.15, 0.2) is 6.29 Å². The number of nitrogens with two attached hydrogens (primary N) is 1. The van der Waals surface area contributed by atoms with Crippen LogP contribution in [0.3, 0.4) is 0 Å². The Kier molecular flexibility index (Phi) is 13.0. The third-order valence-electron chi connectivity index (χ3n) is 8.65. The Balaban J connectivity index is 1.15. The molecular formula is C39H46N4O7. The van der Waals surface area contributed by atoms with Crippen molar-refractivity contribution in [1.29, 1.82) is 0 Å². The summed E-state index contributed by atoms with van der Waals surface area (Å²) in [5.74, 6) is -0.227. The van der Waals surface area contributed by atoms with Gasteiger partial charge in [-0.1, -0.05) is 72.8 Å². The first-order valence-corrected chi connectivity index (χ1v) is 16.8. The van der Waals surface area contributed by atoms with E-state index in [1.54, 1.807) is 48.5 Å². The highest BCUT2D eigenvalue weighted by Crippen LogP contribution is 2.38. The summed E-state index contributed by atoms with van der Waals surface area (Å²) >= 11 is 0. The highest BCUT2D eigenvalue weighted by atomic mass is 16.7. The fourth-order valence-corrected chi connectivity index (χ4v) is 5.90. The number of hydrogen-bond acceptors (Lipinski definition) is 9. The van der Waals surface area contributed by atoms with Crippen LogP contribution >= 0.6 is 0 Å². The second-order valence-electron chi connectivity index (χ2n) is 12.7. The van der Waals surface area contributed by atoms with Gasteiger partial charge in [-0.05, 0) is 60.0 Å². The molecule has 4 aromatic carbocycles. The summed E-state index contributed by atoms with van der Waals surface area (Å²) in [6.07, 6.45) is -0.480. The maximum absolute atomic E-state index is 12.5. The molecule has 1 saturated heterocycles. The molecule has 1 heterocycles. The van der Waals surface area contributed by atoms with Crippen molar-refractivity contribution >= 4 is 23.2 Å². The van der Waals surface area contributed by atoms with Crippen molar-refractivity contribution in [2.45, 2.75) is 63.4 Å². The van der Waals surface area contributed by atoms with Crippen LogP contribution < -0.4 is 16.4 Å². The van der Waals surface area contributed by atoms with Gasteiger partial charge in [0, 0.05) is 44.5 Å². The molecule has 0 bridgehead atoms. The Morgan fingerprint density at radius 3 is 2.32 bits per heavy atom. The third kappa shape index (κ3) is 10.6. The average molecular weight is 683 g/mol. The number of aromatic hydroxyl groups is 1. The fraction of sp³-hybridized carbons (Fsp3) is 0.333. The molecule has 11 nitrogen and oxygen atoms in total. The van der Waals surface area contributed by atoms with Crippen LogP contribution in [0.1, 0.15) is 72.0 Å². The van der Waals surface area contributed by atoms with E-state index in [4.69, 9.17) is 15.2 Å². The molecule has 0 radical (unpaired) electrons. The molecule has 0 aromatic heterocycles. The number of likely N-dealkylation sites (N-methyl/N-ethyl adjacent to an activating group) is 1. The SMILES string of the molecule is CN(C[C@H]1C[C@@H](c2ccc(CO)cc2)O[C@@H](c2ccc(CNC(=O)CCCC(=O)Nc3ccccc3N)cc2)O1)C[C@@H](O)c1cccc(O)c1. The monoisotopic (exact) mass is 682 g/mol. The number of nitrogens with one attached hydrogen (secondary N) is 2. The minimum Gasteiger partial charge on any atom is -0.508 e. The first-order valence-electron chi connectivity index (χ1n) is 16.8. The van der Waals surface area contributed by atoms with E-state index in [2.05, 4.69) is 10.6 Å². The molecule has 4 aromatic rings. The van der Waals surface area contributed by atoms with E-state index in [-0.39, 0.29) is 49.2 Å². The molecule has 0 unspecified atom stereocenters. The molecular weight excluding hydrogens is 636 g/mol. The first kappa shape index (κ1) is 36.5. The number of rotatable bonds is 15. The highest BCUT2D eigenvalue weighted by molar-refractivity contribution is 5.93. The smallest absolute Gasteiger partial charge is 0.224 e. The number of aliphatic hydroxyl groups excluding tert-OH is 2. The van der Waals surface area contributed by atoms with Crippen LogP contribution in [-0.4, -0.2) is 58.3 Å². The van der Waals surface area contributed by atoms with E-state index in [0.29, 0.717) is 49.4 Å². The zero-order valence-corrected chi connectivity index (χ0v) is 28.2. The largest absolute Gasteiger partial charge is 0.508 e. The predicted octanol–water partition coefficient (Wildman–Crippen LogP) is 5.10.